The van der Waals surface area contributed by atoms with Crippen LogP contribution in [0.3, 0.4) is 0 Å². The number of carbonyl (C=O) groups is 1. The zero-order valence-electron chi connectivity index (χ0n) is 12.3. The fraction of sp³-hybridized carbons (Fsp3) is 0.471. The van der Waals surface area contributed by atoms with Crippen LogP contribution in [0.2, 0.25) is 0 Å². The first kappa shape index (κ1) is 14.8. The molecule has 1 aliphatic rings. The van der Waals surface area contributed by atoms with Gasteiger partial charge in [-0.25, -0.2) is 0 Å². The fourth-order valence-corrected chi connectivity index (χ4v) is 3.04. The van der Waals surface area contributed by atoms with Crippen molar-refractivity contribution < 1.29 is 14.6 Å². The number of rotatable bonds is 4. The summed E-state index contributed by atoms with van der Waals surface area (Å²) in [5.41, 5.74) is 0.965. The molecule has 0 aliphatic heterocycles. The number of ether oxygens (including phenoxy) is 1. The van der Waals surface area contributed by atoms with Gasteiger partial charge in [-0.2, -0.15) is 0 Å². The standard InChI is InChI=1S/C17H22O3/c1-4-20-16(18)15-12(2)10-14(17(15,3)19)11-13-8-6-5-7-9-13/h5-10,14-15,19H,4,11H2,1-3H3/t14-,15+,17+/m0/s1. The van der Waals surface area contributed by atoms with Crippen LogP contribution in [-0.4, -0.2) is 23.3 Å². The zero-order valence-corrected chi connectivity index (χ0v) is 12.3. The second-order valence-electron chi connectivity index (χ2n) is 5.62. The molecule has 1 aromatic carbocycles. The summed E-state index contributed by atoms with van der Waals surface area (Å²) in [6.07, 6.45) is 2.73. The third-order valence-electron chi connectivity index (χ3n) is 4.08. The quantitative estimate of drug-likeness (QED) is 0.678. The Hall–Kier alpha value is -1.61. The van der Waals surface area contributed by atoms with Gasteiger partial charge < -0.3 is 9.84 Å². The van der Waals surface area contributed by atoms with E-state index in [2.05, 4.69) is 0 Å². The van der Waals surface area contributed by atoms with E-state index in [4.69, 9.17) is 4.74 Å². The van der Waals surface area contributed by atoms with Gasteiger partial charge in [0.1, 0.15) is 5.92 Å². The second kappa shape index (κ2) is 5.80. The fourth-order valence-electron chi connectivity index (χ4n) is 3.04. The Balaban J connectivity index is 2.19. The van der Waals surface area contributed by atoms with Crippen LogP contribution in [0.5, 0.6) is 0 Å². The third-order valence-corrected chi connectivity index (χ3v) is 4.08. The van der Waals surface area contributed by atoms with E-state index in [-0.39, 0.29) is 11.9 Å². The van der Waals surface area contributed by atoms with Crippen molar-refractivity contribution in [1.29, 1.82) is 0 Å². The van der Waals surface area contributed by atoms with E-state index in [0.29, 0.717) is 6.61 Å². The molecule has 3 atom stereocenters. The van der Waals surface area contributed by atoms with Gasteiger partial charge >= 0.3 is 5.97 Å². The van der Waals surface area contributed by atoms with Crippen LogP contribution in [-0.2, 0) is 16.0 Å². The van der Waals surface area contributed by atoms with Gasteiger partial charge in [-0.3, -0.25) is 4.79 Å². The maximum atomic E-state index is 12.0. The SMILES string of the molecule is CCOC(=O)[C@H]1C(C)=C[C@@H](Cc2ccccc2)[C@@]1(C)O. The predicted octanol–water partition coefficient (Wildman–Crippen LogP) is 2.74. The molecule has 0 radical (unpaired) electrons. The van der Waals surface area contributed by atoms with Gasteiger partial charge in [-0.15, -0.1) is 0 Å². The summed E-state index contributed by atoms with van der Waals surface area (Å²) < 4.78 is 5.09. The van der Waals surface area contributed by atoms with E-state index >= 15 is 0 Å². The zero-order chi connectivity index (χ0) is 14.8. The van der Waals surface area contributed by atoms with Crippen molar-refractivity contribution in [3.05, 3.63) is 47.5 Å². The summed E-state index contributed by atoms with van der Waals surface area (Å²) in [7, 11) is 0. The number of benzene rings is 1. The normalized spacial score (nSPS) is 29.1. The van der Waals surface area contributed by atoms with Gasteiger partial charge in [0.05, 0.1) is 12.2 Å². The van der Waals surface area contributed by atoms with E-state index in [0.717, 1.165) is 17.6 Å². The first-order valence-corrected chi connectivity index (χ1v) is 7.08. The highest BCUT2D eigenvalue weighted by Crippen LogP contribution is 2.41. The Bertz CT molecular complexity index is 502. The Morgan fingerprint density at radius 2 is 2.00 bits per heavy atom. The maximum absolute atomic E-state index is 12.0. The molecule has 0 fully saturated rings. The number of aliphatic hydroxyl groups is 1. The van der Waals surface area contributed by atoms with Crippen molar-refractivity contribution in [2.24, 2.45) is 11.8 Å². The highest BCUT2D eigenvalue weighted by molar-refractivity contribution is 5.78. The van der Waals surface area contributed by atoms with Gasteiger partial charge in [0.2, 0.25) is 0 Å². The van der Waals surface area contributed by atoms with Crippen molar-refractivity contribution in [1.82, 2.24) is 0 Å². The molecule has 0 saturated heterocycles. The minimum absolute atomic E-state index is 0.0701. The van der Waals surface area contributed by atoms with Crippen LogP contribution in [0.25, 0.3) is 0 Å². The Labute approximate surface area is 120 Å². The lowest BCUT2D eigenvalue weighted by Gasteiger charge is -2.31. The molecular formula is C17H22O3. The van der Waals surface area contributed by atoms with Crippen LogP contribution < -0.4 is 0 Å². The van der Waals surface area contributed by atoms with Gasteiger partial charge in [0.15, 0.2) is 0 Å². The summed E-state index contributed by atoms with van der Waals surface area (Å²) in [6, 6.07) is 10.0. The molecule has 3 heteroatoms. The summed E-state index contributed by atoms with van der Waals surface area (Å²) in [5, 5.41) is 10.8. The number of hydrogen-bond acceptors (Lipinski definition) is 3. The van der Waals surface area contributed by atoms with E-state index in [1.165, 1.54) is 0 Å². The van der Waals surface area contributed by atoms with Crippen LogP contribution in [0.1, 0.15) is 26.3 Å². The lowest BCUT2D eigenvalue weighted by Crippen LogP contribution is -2.43. The van der Waals surface area contributed by atoms with Crippen LogP contribution in [0.4, 0.5) is 0 Å². The summed E-state index contributed by atoms with van der Waals surface area (Å²) in [6.45, 7) is 5.74. The smallest absolute Gasteiger partial charge is 0.316 e. The van der Waals surface area contributed by atoms with Crippen LogP contribution in [0.15, 0.2) is 42.0 Å². The Morgan fingerprint density at radius 3 is 2.60 bits per heavy atom. The molecular weight excluding hydrogens is 252 g/mol. The van der Waals surface area contributed by atoms with Gasteiger partial charge in [0.25, 0.3) is 0 Å². The van der Waals surface area contributed by atoms with E-state index in [1.807, 2.05) is 43.3 Å². The van der Waals surface area contributed by atoms with Crippen LogP contribution in [0, 0.1) is 11.8 Å². The second-order valence-corrected chi connectivity index (χ2v) is 5.62. The first-order chi connectivity index (χ1) is 9.46. The van der Waals surface area contributed by atoms with Crippen molar-refractivity contribution >= 4 is 5.97 Å². The minimum atomic E-state index is -1.09. The average molecular weight is 274 g/mol. The highest BCUT2D eigenvalue weighted by atomic mass is 16.5. The molecule has 1 aliphatic carbocycles. The average Bonchev–Trinajstić information content (AvgIpc) is 2.60. The van der Waals surface area contributed by atoms with Crippen molar-refractivity contribution in [3.63, 3.8) is 0 Å². The molecule has 2 rings (SSSR count). The summed E-state index contributed by atoms with van der Waals surface area (Å²) in [5.74, 6) is -0.961. The maximum Gasteiger partial charge on any atom is 0.316 e. The molecule has 20 heavy (non-hydrogen) atoms. The Morgan fingerprint density at radius 1 is 1.35 bits per heavy atom. The largest absolute Gasteiger partial charge is 0.465 e. The monoisotopic (exact) mass is 274 g/mol. The molecule has 108 valence electrons. The highest BCUT2D eigenvalue weighted by Gasteiger charge is 2.49. The molecule has 0 bridgehead atoms. The molecule has 0 heterocycles. The minimum Gasteiger partial charge on any atom is -0.465 e. The van der Waals surface area contributed by atoms with Gasteiger partial charge in [-0.1, -0.05) is 42.0 Å². The molecule has 0 saturated carbocycles. The molecule has 0 amide bonds. The Kier molecular flexibility index (Phi) is 4.29. The number of hydrogen-bond donors (Lipinski definition) is 1. The lowest BCUT2D eigenvalue weighted by atomic mass is 9.80. The summed E-state index contributed by atoms with van der Waals surface area (Å²) in [4.78, 5) is 12.0. The molecule has 1 N–H and O–H groups in total. The molecule has 3 nitrogen and oxygen atoms in total. The molecule has 0 spiro atoms. The summed E-state index contributed by atoms with van der Waals surface area (Å²) >= 11 is 0. The number of carbonyl (C=O) groups excluding carboxylic acids is 1. The van der Waals surface area contributed by atoms with Crippen LogP contribution >= 0.6 is 0 Å². The number of esters is 1. The first-order valence-electron chi connectivity index (χ1n) is 7.08. The van der Waals surface area contributed by atoms with Crippen molar-refractivity contribution in [2.45, 2.75) is 32.8 Å². The molecule has 1 aromatic rings. The lowest BCUT2D eigenvalue weighted by molar-refractivity contribution is -0.155. The predicted molar refractivity (Wildman–Crippen MR) is 78.1 cm³/mol. The molecule has 0 unspecified atom stereocenters. The van der Waals surface area contributed by atoms with E-state index in [9.17, 15) is 9.90 Å². The molecule has 0 aromatic heterocycles. The van der Waals surface area contributed by atoms with Gasteiger partial charge in [0, 0.05) is 5.92 Å². The third kappa shape index (κ3) is 2.78. The van der Waals surface area contributed by atoms with Gasteiger partial charge in [-0.05, 0) is 32.8 Å². The van der Waals surface area contributed by atoms with Crippen molar-refractivity contribution in [2.75, 3.05) is 6.61 Å². The topological polar surface area (TPSA) is 46.5 Å². The van der Waals surface area contributed by atoms with E-state index < -0.39 is 11.5 Å². The van der Waals surface area contributed by atoms with Crippen molar-refractivity contribution in [3.8, 4) is 0 Å². The van der Waals surface area contributed by atoms with E-state index in [1.54, 1.807) is 13.8 Å².